The summed E-state index contributed by atoms with van der Waals surface area (Å²) in [5.74, 6) is -0.981. The van der Waals surface area contributed by atoms with Gasteiger partial charge in [-0.15, -0.1) is 0 Å². The van der Waals surface area contributed by atoms with Crippen molar-refractivity contribution >= 4 is 21.8 Å². The van der Waals surface area contributed by atoms with Crippen LogP contribution in [0.4, 0.5) is 0 Å². The van der Waals surface area contributed by atoms with Gasteiger partial charge in [-0.1, -0.05) is 0 Å². The first-order valence-electron chi connectivity index (χ1n) is 6.58. The molecule has 20 heavy (non-hydrogen) atoms. The Morgan fingerprint density at radius 2 is 1.90 bits per heavy atom. The van der Waals surface area contributed by atoms with E-state index in [0.717, 1.165) is 0 Å². The van der Waals surface area contributed by atoms with Gasteiger partial charge in [0.05, 0.1) is 18.2 Å². The first kappa shape index (κ1) is 16.9. The highest BCUT2D eigenvalue weighted by Crippen LogP contribution is 2.14. The van der Waals surface area contributed by atoms with Crippen LogP contribution in [0.3, 0.4) is 0 Å². The van der Waals surface area contributed by atoms with E-state index in [1.807, 2.05) is 0 Å². The van der Waals surface area contributed by atoms with Crippen molar-refractivity contribution in [1.82, 2.24) is 9.62 Å². The summed E-state index contributed by atoms with van der Waals surface area (Å²) >= 11 is 0. The fourth-order valence-electron chi connectivity index (χ4n) is 2.08. The molecule has 1 rings (SSSR count). The Balaban J connectivity index is 2.43. The summed E-state index contributed by atoms with van der Waals surface area (Å²) in [7, 11) is -3.17. The minimum atomic E-state index is -3.17. The predicted molar refractivity (Wildman–Crippen MR) is 74.0 cm³/mol. The monoisotopic (exact) mass is 306 g/mol. The molecule has 0 aromatic heterocycles. The zero-order chi connectivity index (χ0) is 15.3. The predicted octanol–water partition coefficient (Wildman–Crippen LogP) is -1.88. The van der Waals surface area contributed by atoms with Gasteiger partial charge in [0.25, 0.3) is 0 Å². The normalized spacial score (nSPS) is 19.5. The third kappa shape index (κ3) is 4.73. The van der Waals surface area contributed by atoms with Crippen LogP contribution in [0.2, 0.25) is 0 Å². The molecular formula is C11H22N4O4S. The highest BCUT2D eigenvalue weighted by Gasteiger charge is 2.28. The van der Waals surface area contributed by atoms with Gasteiger partial charge in [0, 0.05) is 19.1 Å². The standard InChI is InChI=1S/C11H22N4O4S/c1-2-20(18,19)15-5-3-8(4-6-15)14-11(17)9(12)7-10(13)16/h8-9H,2-7,12H2,1H3,(H2,13,16)(H,14,17). The molecule has 1 aliphatic rings. The van der Waals surface area contributed by atoms with E-state index in [2.05, 4.69) is 5.32 Å². The maximum atomic E-state index is 11.7. The summed E-state index contributed by atoms with van der Waals surface area (Å²) in [6, 6.07) is -1.07. The van der Waals surface area contributed by atoms with E-state index in [-0.39, 0.29) is 18.2 Å². The second-order valence-electron chi connectivity index (χ2n) is 4.86. The summed E-state index contributed by atoms with van der Waals surface area (Å²) in [5.41, 5.74) is 10.5. The van der Waals surface area contributed by atoms with Gasteiger partial charge in [-0.25, -0.2) is 12.7 Å². The number of carbonyl (C=O) groups excluding carboxylic acids is 2. The van der Waals surface area contributed by atoms with Crippen LogP contribution in [0, 0.1) is 0 Å². The number of piperidine rings is 1. The number of hydrogen-bond acceptors (Lipinski definition) is 5. The minimum Gasteiger partial charge on any atom is -0.370 e. The summed E-state index contributed by atoms with van der Waals surface area (Å²) in [6.07, 6.45) is 0.872. The summed E-state index contributed by atoms with van der Waals surface area (Å²) in [4.78, 5) is 22.4. The van der Waals surface area contributed by atoms with Crippen molar-refractivity contribution < 1.29 is 18.0 Å². The molecule has 116 valence electrons. The van der Waals surface area contributed by atoms with Crippen molar-refractivity contribution in [1.29, 1.82) is 0 Å². The van der Waals surface area contributed by atoms with Crippen LogP contribution >= 0.6 is 0 Å². The number of nitrogens with two attached hydrogens (primary N) is 2. The Morgan fingerprint density at radius 1 is 1.35 bits per heavy atom. The molecule has 1 heterocycles. The highest BCUT2D eigenvalue weighted by atomic mass is 32.2. The van der Waals surface area contributed by atoms with Crippen molar-refractivity contribution in [2.24, 2.45) is 11.5 Å². The first-order chi connectivity index (χ1) is 9.26. The lowest BCUT2D eigenvalue weighted by Gasteiger charge is -2.31. The molecule has 2 amide bonds. The number of hydrogen-bond donors (Lipinski definition) is 3. The molecule has 9 heteroatoms. The zero-order valence-electron chi connectivity index (χ0n) is 11.5. The Bertz CT molecular complexity index is 457. The van der Waals surface area contributed by atoms with Gasteiger partial charge < -0.3 is 16.8 Å². The van der Waals surface area contributed by atoms with Crippen molar-refractivity contribution in [2.45, 2.75) is 38.3 Å². The van der Waals surface area contributed by atoms with E-state index in [1.54, 1.807) is 6.92 Å². The lowest BCUT2D eigenvalue weighted by Crippen LogP contribution is -2.51. The van der Waals surface area contributed by atoms with E-state index in [4.69, 9.17) is 11.5 Å². The number of carbonyl (C=O) groups is 2. The minimum absolute atomic E-state index is 0.0769. The Morgan fingerprint density at radius 3 is 2.35 bits per heavy atom. The van der Waals surface area contributed by atoms with Crippen molar-refractivity contribution in [2.75, 3.05) is 18.8 Å². The summed E-state index contributed by atoms with van der Waals surface area (Å²) in [6.45, 7) is 2.37. The molecule has 8 nitrogen and oxygen atoms in total. The molecule has 1 atom stereocenters. The van der Waals surface area contributed by atoms with Gasteiger partial charge in [0.15, 0.2) is 0 Å². The quantitative estimate of drug-likeness (QED) is 0.527. The molecule has 0 aromatic rings. The van der Waals surface area contributed by atoms with Crippen LogP contribution in [0.1, 0.15) is 26.2 Å². The molecule has 0 aromatic carbocycles. The fourth-order valence-corrected chi connectivity index (χ4v) is 3.21. The molecule has 1 fully saturated rings. The van der Waals surface area contributed by atoms with Gasteiger partial charge in [0.2, 0.25) is 21.8 Å². The number of nitrogens with zero attached hydrogens (tertiary/aromatic N) is 1. The maximum Gasteiger partial charge on any atom is 0.237 e. The molecule has 0 bridgehead atoms. The van der Waals surface area contributed by atoms with E-state index >= 15 is 0 Å². The van der Waals surface area contributed by atoms with Crippen LogP contribution in [0.5, 0.6) is 0 Å². The van der Waals surface area contributed by atoms with Gasteiger partial charge in [-0.3, -0.25) is 9.59 Å². The van der Waals surface area contributed by atoms with Crippen LogP contribution in [-0.4, -0.2) is 55.5 Å². The van der Waals surface area contributed by atoms with Crippen LogP contribution in [-0.2, 0) is 19.6 Å². The topological polar surface area (TPSA) is 136 Å². The third-order valence-electron chi connectivity index (χ3n) is 3.32. The van der Waals surface area contributed by atoms with Crippen LogP contribution < -0.4 is 16.8 Å². The molecule has 0 saturated carbocycles. The molecule has 1 saturated heterocycles. The van der Waals surface area contributed by atoms with Crippen LogP contribution in [0.25, 0.3) is 0 Å². The Labute approximate surface area is 118 Å². The molecule has 5 N–H and O–H groups in total. The number of amides is 2. The molecule has 0 aliphatic carbocycles. The largest absolute Gasteiger partial charge is 0.370 e. The Kier molecular flexibility index (Phi) is 5.90. The fraction of sp³-hybridized carbons (Fsp3) is 0.818. The molecule has 0 radical (unpaired) electrons. The maximum absolute atomic E-state index is 11.7. The SMILES string of the molecule is CCS(=O)(=O)N1CCC(NC(=O)C(N)CC(N)=O)CC1. The van der Waals surface area contributed by atoms with Gasteiger partial charge in [0.1, 0.15) is 0 Å². The average molecular weight is 306 g/mol. The van der Waals surface area contributed by atoms with E-state index in [9.17, 15) is 18.0 Å². The van der Waals surface area contributed by atoms with Crippen molar-refractivity contribution in [3.8, 4) is 0 Å². The third-order valence-corrected chi connectivity index (χ3v) is 5.20. The Hall–Kier alpha value is -1.19. The highest BCUT2D eigenvalue weighted by molar-refractivity contribution is 7.89. The van der Waals surface area contributed by atoms with E-state index < -0.39 is 27.9 Å². The number of nitrogens with one attached hydrogen (secondary N) is 1. The van der Waals surface area contributed by atoms with Gasteiger partial charge in [-0.05, 0) is 19.8 Å². The summed E-state index contributed by atoms with van der Waals surface area (Å²) < 4.78 is 24.8. The second-order valence-corrected chi connectivity index (χ2v) is 7.12. The first-order valence-corrected chi connectivity index (χ1v) is 8.19. The van der Waals surface area contributed by atoms with Gasteiger partial charge in [-0.2, -0.15) is 0 Å². The van der Waals surface area contributed by atoms with E-state index in [0.29, 0.717) is 25.9 Å². The van der Waals surface area contributed by atoms with Gasteiger partial charge >= 0.3 is 0 Å². The average Bonchev–Trinajstić information content (AvgIpc) is 2.38. The smallest absolute Gasteiger partial charge is 0.237 e. The molecule has 1 unspecified atom stereocenters. The summed E-state index contributed by atoms with van der Waals surface area (Å²) in [5, 5.41) is 2.72. The van der Waals surface area contributed by atoms with Crippen molar-refractivity contribution in [3.63, 3.8) is 0 Å². The van der Waals surface area contributed by atoms with E-state index in [1.165, 1.54) is 4.31 Å². The number of primary amides is 1. The molecular weight excluding hydrogens is 284 g/mol. The van der Waals surface area contributed by atoms with Crippen LogP contribution in [0.15, 0.2) is 0 Å². The lowest BCUT2D eigenvalue weighted by molar-refractivity contribution is -0.127. The zero-order valence-corrected chi connectivity index (χ0v) is 12.4. The molecule has 1 aliphatic heterocycles. The van der Waals surface area contributed by atoms with Crippen molar-refractivity contribution in [3.05, 3.63) is 0 Å². The second kappa shape index (κ2) is 7.00. The number of rotatable bonds is 6. The lowest BCUT2D eigenvalue weighted by atomic mass is 10.1. The number of sulfonamides is 1. The molecule has 0 spiro atoms.